The molecule has 1 saturated heterocycles. The fraction of sp³-hybridized carbons (Fsp3) is 0.688. The molecule has 0 aliphatic carbocycles. The standard InChI is InChI=1S/C16H27N5O/c1-11-12(2)18-14(16(3,4)5)19-13(11)20-7-6-8-21(10-9-20)15(17)22/h6-10H2,1-5H3,(H2,17,22). The number of anilines is 1. The number of carbonyl (C=O) groups is 1. The summed E-state index contributed by atoms with van der Waals surface area (Å²) in [6.45, 7) is 13.4. The first-order chi connectivity index (χ1) is 10.2. The van der Waals surface area contributed by atoms with E-state index in [1.807, 2.05) is 6.92 Å². The number of carbonyl (C=O) groups excluding carboxylic acids is 1. The fourth-order valence-corrected chi connectivity index (χ4v) is 2.61. The lowest BCUT2D eigenvalue weighted by Gasteiger charge is -2.27. The fourth-order valence-electron chi connectivity index (χ4n) is 2.61. The Morgan fingerprint density at radius 1 is 1.09 bits per heavy atom. The van der Waals surface area contributed by atoms with Gasteiger partial charge in [-0.2, -0.15) is 0 Å². The van der Waals surface area contributed by atoms with Gasteiger partial charge in [0.1, 0.15) is 11.6 Å². The smallest absolute Gasteiger partial charge is 0.314 e. The third-order valence-corrected chi connectivity index (χ3v) is 4.14. The van der Waals surface area contributed by atoms with E-state index in [1.165, 1.54) is 0 Å². The topological polar surface area (TPSA) is 75.3 Å². The van der Waals surface area contributed by atoms with Gasteiger partial charge in [0.25, 0.3) is 0 Å². The highest BCUT2D eigenvalue weighted by Gasteiger charge is 2.24. The van der Waals surface area contributed by atoms with Crippen LogP contribution < -0.4 is 10.6 Å². The number of aromatic nitrogens is 2. The highest BCUT2D eigenvalue weighted by atomic mass is 16.2. The highest BCUT2D eigenvalue weighted by molar-refractivity contribution is 5.72. The second-order valence-corrected chi connectivity index (χ2v) is 7.00. The van der Waals surface area contributed by atoms with Crippen LogP contribution in [0.2, 0.25) is 0 Å². The van der Waals surface area contributed by atoms with Crippen LogP contribution in [0.1, 0.15) is 44.3 Å². The van der Waals surface area contributed by atoms with E-state index in [2.05, 4.69) is 37.6 Å². The second-order valence-electron chi connectivity index (χ2n) is 7.00. The molecule has 0 bridgehead atoms. The Hall–Kier alpha value is -1.85. The van der Waals surface area contributed by atoms with Gasteiger partial charge in [-0.1, -0.05) is 20.8 Å². The minimum atomic E-state index is -0.340. The molecule has 0 aromatic carbocycles. The molecule has 0 unspecified atom stereocenters. The number of nitrogens with two attached hydrogens (primary N) is 1. The van der Waals surface area contributed by atoms with E-state index in [0.29, 0.717) is 13.1 Å². The van der Waals surface area contributed by atoms with Crippen molar-refractivity contribution in [2.45, 2.75) is 46.5 Å². The molecule has 2 heterocycles. The lowest BCUT2D eigenvalue weighted by atomic mass is 9.95. The van der Waals surface area contributed by atoms with Crippen LogP contribution in [0.3, 0.4) is 0 Å². The molecular weight excluding hydrogens is 278 g/mol. The summed E-state index contributed by atoms with van der Waals surface area (Å²) in [5, 5.41) is 0. The molecule has 22 heavy (non-hydrogen) atoms. The Kier molecular flexibility index (Phi) is 4.58. The zero-order chi connectivity index (χ0) is 16.5. The number of urea groups is 1. The zero-order valence-electron chi connectivity index (χ0n) is 14.3. The number of hydrogen-bond acceptors (Lipinski definition) is 4. The second kappa shape index (κ2) is 6.10. The van der Waals surface area contributed by atoms with E-state index < -0.39 is 0 Å². The van der Waals surface area contributed by atoms with Crippen molar-refractivity contribution in [3.8, 4) is 0 Å². The van der Waals surface area contributed by atoms with E-state index in [4.69, 9.17) is 10.7 Å². The maximum atomic E-state index is 11.4. The van der Waals surface area contributed by atoms with Crippen molar-refractivity contribution < 1.29 is 4.79 Å². The van der Waals surface area contributed by atoms with Crippen LogP contribution in [0.4, 0.5) is 10.6 Å². The number of hydrogen-bond donors (Lipinski definition) is 1. The molecule has 1 aliphatic heterocycles. The summed E-state index contributed by atoms with van der Waals surface area (Å²) in [5.41, 5.74) is 7.44. The molecule has 2 amide bonds. The zero-order valence-corrected chi connectivity index (χ0v) is 14.3. The third kappa shape index (κ3) is 3.48. The molecule has 6 heteroatoms. The van der Waals surface area contributed by atoms with Crippen molar-refractivity contribution in [2.75, 3.05) is 31.1 Å². The molecule has 2 N–H and O–H groups in total. The first-order valence-corrected chi connectivity index (χ1v) is 7.85. The van der Waals surface area contributed by atoms with Crippen LogP contribution in [0, 0.1) is 13.8 Å². The molecule has 0 radical (unpaired) electrons. The quantitative estimate of drug-likeness (QED) is 0.861. The molecule has 2 rings (SSSR count). The van der Waals surface area contributed by atoms with Crippen molar-refractivity contribution in [3.05, 3.63) is 17.1 Å². The Labute approximate surface area is 132 Å². The Morgan fingerprint density at radius 2 is 1.77 bits per heavy atom. The molecule has 1 aliphatic rings. The molecule has 0 saturated carbocycles. The van der Waals surface area contributed by atoms with Crippen molar-refractivity contribution in [1.29, 1.82) is 0 Å². The molecule has 1 aromatic heterocycles. The van der Waals surface area contributed by atoms with Gasteiger partial charge in [-0.15, -0.1) is 0 Å². The average molecular weight is 305 g/mol. The Morgan fingerprint density at radius 3 is 2.36 bits per heavy atom. The lowest BCUT2D eigenvalue weighted by molar-refractivity contribution is 0.211. The van der Waals surface area contributed by atoms with Gasteiger partial charge < -0.3 is 15.5 Å². The summed E-state index contributed by atoms with van der Waals surface area (Å²) in [4.78, 5) is 24.8. The number of rotatable bonds is 1. The predicted octanol–water partition coefficient (Wildman–Crippen LogP) is 1.98. The maximum absolute atomic E-state index is 11.4. The van der Waals surface area contributed by atoms with Gasteiger partial charge in [0.2, 0.25) is 0 Å². The SMILES string of the molecule is Cc1nc(C(C)(C)C)nc(N2CCCN(C(N)=O)CC2)c1C. The van der Waals surface area contributed by atoms with Crippen LogP contribution in [0.15, 0.2) is 0 Å². The number of primary amides is 1. The average Bonchev–Trinajstić information content (AvgIpc) is 2.66. The number of aryl methyl sites for hydroxylation is 1. The number of nitrogens with zero attached hydrogens (tertiary/aromatic N) is 4. The molecule has 0 atom stereocenters. The molecule has 0 spiro atoms. The normalized spacial score (nSPS) is 16.6. The van der Waals surface area contributed by atoms with Gasteiger partial charge in [-0.3, -0.25) is 0 Å². The van der Waals surface area contributed by atoms with Gasteiger partial charge >= 0.3 is 6.03 Å². The van der Waals surface area contributed by atoms with Crippen molar-refractivity contribution in [2.24, 2.45) is 5.73 Å². The third-order valence-electron chi connectivity index (χ3n) is 4.14. The van der Waals surface area contributed by atoms with Crippen LogP contribution in [-0.2, 0) is 5.41 Å². The summed E-state index contributed by atoms with van der Waals surface area (Å²) in [6, 6.07) is -0.340. The van der Waals surface area contributed by atoms with Crippen LogP contribution >= 0.6 is 0 Å². The van der Waals surface area contributed by atoms with Crippen LogP contribution in [0.5, 0.6) is 0 Å². The van der Waals surface area contributed by atoms with Gasteiger partial charge in [0.05, 0.1) is 0 Å². The van der Waals surface area contributed by atoms with E-state index in [1.54, 1.807) is 4.90 Å². The van der Waals surface area contributed by atoms with E-state index in [0.717, 1.165) is 42.4 Å². The Balaban J connectivity index is 2.31. The Bertz CT molecular complexity index is 564. The first-order valence-electron chi connectivity index (χ1n) is 7.85. The maximum Gasteiger partial charge on any atom is 0.314 e. The summed E-state index contributed by atoms with van der Waals surface area (Å²) in [6.07, 6.45) is 0.899. The predicted molar refractivity (Wildman–Crippen MR) is 88.2 cm³/mol. The number of amides is 2. The van der Waals surface area contributed by atoms with E-state index in [9.17, 15) is 4.79 Å². The molecule has 1 aromatic rings. The minimum absolute atomic E-state index is 0.0850. The monoisotopic (exact) mass is 305 g/mol. The molecule has 6 nitrogen and oxygen atoms in total. The van der Waals surface area contributed by atoms with Crippen LogP contribution in [0.25, 0.3) is 0 Å². The molecule has 1 fully saturated rings. The summed E-state index contributed by atoms with van der Waals surface area (Å²) in [5.74, 6) is 1.85. The largest absolute Gasteiger partial charge is 0.354 e. The van der Waals surface area contributed by atoms with Crippen molar-refractivity contribution in [1.82, 2.24) is 14.9 Å². The highest BCUT2D eigenvalue weighted by Crippen LogP contribution is 2.26. The van der Waals surface area contributed by atoms with Gasteiger partial charge in [0, 0.05) is 42.9 Å². The van der Waals surface area contributed by atoms with Gasteiger partial charge in [0.15, 0.2) is 0 Å². The lowest BCUT2D eigenvalue weighted by Crippen LogP contribution is -2.39. The van der Waals surface area contributed by atoms with Crippen molar-refractivity contribution >= 4 is 11.8 Å². The first kappa shape index (κ1) is 16.5. The van der Waals surface area contributed by atoms with Gasteiger partial charge in [-0.25, -0.2) is 14.8 Å². The van der Waals surface area contributed by atoms with Crippen LogP contribution in [-0.4, -0.2) is 47.1 Å². The summed E-state index contributed by atoms with van der Waals surface area (Å²) in [7, 11) is 0. The summed E-state index contributed by atoms with van der Waals surface area (Å²) >= 11 is 0. The molecular formula is C16H27N5O. The van der Waals surface area contributed by atoms with E-state index >= 15 is 0 Å². The van der Waals surface area contributed by atoms with Gasteiger partial charge in [-0.05, 0) is 20.3 Å². The summed E-state index contributed by atoms with van der Waals surface area (Å²) < 4.78 is 0. The molecule has 122 valence electrons. The minimum Gasteiger partial charge on any atom is -0.354 e. The van der Waals surface area contributed by atoms with Crippen molar-refractivity contribution in [3.63, 3.8) is 0 Å². The van der Waals surface area contributed by atoms with E-state index in [-0.39, 0.29) is 11.4 Å².